The van der Waals surface area contributed by atoms with E-state index < -0.39 is 0 Å². The molecule has 0 spiro atoms. The molecule has 0 saturated carbocycles. The fourth-order valence-electron chi connectivity index (χ4n) is 2.24. The first kappa shape index (κ1) is 15.9. The number of rotatable bonds is 5. The van der Waals surface area contributed by atoms with Crippen LogP contribution in [0.5, 0.6) is 0 Å². The van der Waals surface area contributed by atoms with Crippen molar-refractivity contribution >= 4 is 29.3 Å². The predicted octanol–water partition coefficient (Wildman–Crippen LogP) is 3.03. The highest BCUT2D eigenvalue weighted by Gasteiger charge is 2.34. The van der Waals surface area contributed by atoms with Gasteiger partial charge in [-0.2, -0.15) is 0 Å². The Balaban J connectivity index is 1.97. The lowest BCUT2D eigenvalue weighted by Crippen LogP contribution is -2.44. The maximum Gasteiger partial charge on any atom is 0.248 e. The number of anilines is 1. The largest absolute Gasteiger partial charge is 0.324 e. The average molecular weight is 306 g/mol. The van der Waals surface area contributed by atoms with E-state index >= 15 is 0 Å². The zero-order valence-electron chi connectivity index (χ0n) is 12.6. The van der Waals surface area contributed by atoms with E-state index in [2.05, 4.69) is 12.2 Å². The highest BCUT2D eigenvalue weighted by molar-refractivity contribution is 7.99. The van der Waals surface area contributed by atoms with Gasteiger partial charge in [-0.25, -0.2) is 0 Å². The fourth-order valence-corrected chi connectivity index (χ4v) is 3.42. The summed E-state index contributed by atoms with van der Waals surface area (Å²) in [6, 6.07) is 7.35. The van der Waals surface area contributed by atoms with Crippen molar-refractivity contribution in [1.82, 2.24) is 4.90 Å². The van der Waals surface area contributed by atoms with Gasteiger partial charge in [0, 0.05) is 17.9 Å². The molecule has 0 radical (unpaired) electrons. The summed E-state index contributed by atoms with van der Waals surface area (Å²) in [6.45, 7) is 4.07. The number of thioether (sulfide) groups is 1. The molecule has 5 heteroatoms. The third-order valence-electron chi connectivity index (χ3n) is 3.57. The van der Waals surface area contributed by atoms with E-state index in [4.69, 9.17) is 0 Å². The van der Waals surface area contributed by atoms with Crippen LogP contribution in [-0.4, -0.2) is 34.4 Å². The van der Waals surface area contributed by atoms with Crippen LogP contribution in [-0.2, 0) is 9.59 Å². The molecule has 1 heterocycles. The molecule has 1 aliphatic rings. The van der Waals surface area contributed by atoms with Gasteiger partial charge in [0.25, 0.3) is 0 Å². The lowest BCUT2D eigenvalue weighted by molar-refractivity contribution is -0.136. The van der Waals surface area contributed by atoms with Crippen LogP contribution >= 0.6 is 11.8 Å². The van der Waals surface area contributed by atoms with Crippen molar-refractivity contribution in [1.29, 1.82) is 0 Å². The first-order chi connectivity index (χ1) is 10.1. The Morgan fingerprint density at radius 3 is 2.71 bits per heavy atom. The average Bonchev–Trinajstić information content (AvgIpc) is 2.96. The number of aryl methyl sites for hydroxylation is 1. The Labute approximate surface area is 130 Å². The molecule has 4 nitrogen and oxygen atoms in total. The molecular weight excluding hydrogens is 284 g/mol. The minimum atomic E-state index is -0.347. The third kappa shape index (κ3) is 4.24. The van der Waals surface area contributed by atoms with Gasteiger partial charge in [-0.1, -0.05) is 31.0 Å². The minimum Gasteiger partial charge on any atom is -0.324 e. The van der Waals surface area contributed by atoms with Crippen LogP contribution in [0.2, 0.25) is 0 Å². The van der Waals surface area contributed by atoms with Crippen molar-refractivity contribution in [2.24, 2.45) is 0 Å². The lowest BCUT2D eigenvalue weighted by Gasteiger charge is -2.23. The van der Waals surface area contributed by atoms with Crippen molar-refractivity contribution in [3.63, 3.8) is 0 Å². The minimum absolute atomic E-state index is 0.0888. The van der Waals surface area contributed by atoms with Crippen LogP contribution in [0.1, 0.15) is 31.7 Å². The summed E-state index contributed by atoms with van der Waals surface area (Å²) in [5.74, 6) is 1.30. The number of carbonyl (C=O) groups excluding carboxylic acids is 2. The highest BCUT2D eigenvalue weighted by atomic mass is 32.2. The Morgan fingerprint density at radius 1 is 1.33 bits per heavy atom. The van der Waals surface area contributed by atoms with Gasteiger partial charge in [-0.3, -0.25) is 9.59 Å². The number of hydrogen-bond donors (Lipinski definition) is 1. The molecule has 1 aliphatic heterocycles. The molecule has 1 saturated heterocycles. The summed E-state index contributed by atoms with van der Waals surface area (Å²) in [6.07, 6.45) is 2.41. The van der Waals surface area contributed by atoms with E-state index in [0.717, 1.165) is 24.1 Å². The van der Waals surface area contributed by atoms with Gasteiger partial charge in [0.05, 0.1) is 5.88 Å². The van der Waals surface area contributed by atoms with Gasteiger partial charge in [0.1, 0.15) is 6.04 Å². The Morgan fingerprint density at radius 2 is 2.05 bits per heavy atom. The normalized spacial score (nSPS) is 17.8. The molecule has 1 atom stereocenters. The Kier molecular flexibility index (Phi) is 5.67. The van der Waals surface area contributed by atoms with Crippen LogP contribution in [0, 0.1) is 6.92 Å². The monoisotopic (exact) mass is 306 g/mol. The number of benzene rings is 1. The summed E-state index contributed by atoms with van der Waals surface area (Å²) in [7, 11) is 0. The standard InChI is InChI=1S/C16H22N2O2S/c1-3-4-5-15(19)18-11-21-10-14(18)16(20)17-13-8-6-12(2)7-9-13/h6-9,14H,3-5,10-11H2,1-2H3,(H,17,20). The first-order valence-corrected chi connectivity index (χ1v) is 8.52. The number of nitrogens with zero attached hydrogens (tertiary/aromatic N) is 1. The first-order valence-electron chi connectivity index (χ1n) is 7.36. The number of carbonyl (C=O) groups is 2. The second-order valence-electron chi connectivity index (χ2n) is 5.34. The third-order valence-corrected chi connectivity index (χ3v) is 4.58. The molecule has 1 unspecified atom stereocenters. The fraction of sp³-hybridized carbons (Fsp3) is 0.500. The molecule has 114 valence electrons. The predicted molar refractivity (Wildman–Crippen MR) is 87.3 cm³/mol. The maximum atomic E-state index is 12.4. The zero-order chi connectivity index (χ0) is 15.2. The molecule has 21 heavy (non-hydrogen) atoms. The van der Waals surface area contributed by atoms with Gasteiger partial charge in [0.2, 0.25) is 11.8 Å². The molecule has 0 aromatic heterocycles. The van der Waals surface area contributed by atoms with Crippen molar-refractivity contribution in [3.05, 3.63) is 29.8 Å². The van der Waals surface area contributed by atoms with E-state index in [9.17, 15) is 9.59 Å². The second kappa shape index (κ2) is 7.50. The zero-order valence-corrected chi connectivity index (χ0v) is 13.4. The van der Waals surface area contributed by atoms with E-state index in [1.54, 1.807) is 16.7 Å². The van der Waals surface area contributed by atoms with Gasteiger partial charge in [0.15, 0.2) is 0 Å². The molecule has 1 aromatic rings. The summed E-state index contributed by atoms with van der Waals surface area (Å²) in [4.78, 5) is 26.2. The molecule has 2 rings (SSSR count). The molecule has 2 amide bonds. The lowest BCUT2D eigenvalue weighted by atomic mass is 10.2. The van der Waals surface area contributed by atoms with E-state index in [1.165, 1.54) is 0 Å². The summed E-state index contributed by atoms with van der Waals surface area (Å²) in [5, 5.41) is 2.91. The van der Waals surface area contributed by atoms with Crippen LogP contribution in [0.3, 0.4) is 0 Å². The SMILES string of the molecule is CCCCC(=O)N1CSCC1C(=O)Nc1ccc(C)cc1. The summed E-state index contributed by atoms with van der Waals surface area (Å²) >= 11 is 1.64. The van der Waals surface area contributed by atoms with E-state index in [1.807, 2.05) is 31.2 Å². The molecule has 0 aliphatic carbocycles. The van der Waals surface area contributed by atoms with Crippen LogP contribution in [0.4, 0.5) is 5.69 Å². The van der Waals surface area contributed by atoms with Gasteiger partial charge >= 0.3 is 0 Å². The van der Waals surface area contributed by atoms with Crippen molar-refractivity contribution in [3.8, 4) is 0 Å². The number of nitrogens with one attached hydrogen (secondary N) is 1. The van der Waals surface area contributed by atoms with Crippen molar-refractivity contribution in [2.45, 2.75) is 39.2 Å². The van der Waals surface area contributed by atoms with Gasteiger partial charge in [-0.05, 0) is 25.5 Å². The van der Waals surface area contributed by atoms with Crippen molar-refractivity contribution < 1.29 is 9.59 Å². The Bertz CT molecular complexity index is 502. The Hall–Kier alpha value is -1.49. The smallest absolute Gasteiger partial charge is 0.248 e. The second-order valence-corrected chi connectivity index (χ2v) is 6.34. The molecule has 1 aromatic carbocycles. The molecule has 1 N–H and O–H groups in total. The number of amides is 2. The maximum absolute atomic E-state index is 12.4. The highest BCUT2D eigenvalue weighted by Crippen LogP contribution is 2.23. The van der Waals surface area contributed by atoms with Crippen LogP contribution in [0.25, 0.3) is 0 Å². The van der Waals surface area contributed by atoms with Crippen LogP contribution < -0.4 is 5.32 Å². The molecule has 1 fully saturated rings. The quantitative estimate of drug-likeness (QED) is 0.909. The van der Waals surface area contributed by atoms with E-state index in [-0.39, 0.29) is 17.9 Å². The summed E-state index contributed by atoms with van der Waals surface area (Å²) in [5.41, 5.74) is 1.93. The van der Waals surface area contributed by atoms with E-state index in [0.29, 0.717) is 18.1 Å². The van der Waals surface area contributed by atoms with Crippen molar-refractivity contribution in [2.75, 3.05) is 16.9 Å². The number of hydrogen-bond acceptors (Lipinski definition) is 3. The van der Waals surface area contributed by atoms with Crippen LogP contribution in [0.15, 0.2) is 24.3 Å². The van der Waals surface area contributed by atoms with Gasteiger partial charge < -0.3 is 10.2 Å². The molecular formula is C16H22N2O2S. The molecule has 0 bridgehead atoms. The van der Waals surface area contributed by atoms with Gasteiger partial charge in [-0.15, -0.1) is 11.8 Å². The number of unbranched alkanes of at least 4 members (excludes halogenated alkanes) is 1. The summed E-state index contributed by atoms with van der Waals surface area (Å²) < 4.78 is 0. The topological polar surface area (TPSA) is 49.4 Å².